The van der Waals surface area contributed by atoms with Crippen molar-refractivity contribution in [1.82, 2.24) is 0 Å². The van der Waals surface area contributed by atoms with Crippen molar-refractivity contribution in [2.75, 3.05) is 0 Å². The zero-order valence-electron chi connectivity index (χ0n) is 8.45. The molecule has 0 spiro atoms. The van der Waals surface area contributed by atoms with Crippen molar-refractivity contribution in [2.24, 2.45) is 47.3 Å². The van der Waals surface area contributed by atoms with Crippen molar-refractivity contribution >= 4 is 34.8 Å². The van der Waals surface area contributed by atoms with Gasteiger partial charge < -0.3 is 4.74 Å². The third kappa shape index (κ3) is 0.507. The summed E-state index contributed by atoms with van der Waals surface area (Å²) < 4.78 is 5.12. The van der Waals surface area contributed by atoms with Crippen LogP contribution in [-0.2, 0) is 4.74 Å². The first-order chi connectivity index (χ1) is 7.57. The summed E-state index contributed by atoms with van der Waals surface area (Å²) in [6.45, 7) is 0. The maximum Gasteiger partial charge on any atom is 0.219 e. The first-order valence-electron chi connectivity index (χ1n) is 6.32. The summed E-state index contributed by atoms with van der Waals surface area (Å²) >= 11 is 18.9. The Kier molecular flexibility index (Phi) is 1.10. The van der Waals surface area contributed by atoms with E-state index in [1.165, 1.54) is 6.42 Å². The van der Waals surface area contributed by atoms with Gasteiger partial charge in [0, 0.05) is 11.8 Å². The zero-order valence-corrected chi connectivity index (χ0v) is 10.7. The minimum atomic E-state index is -1.21. The number of alkyl halides is 3. The topological polar surface area (TPSA) is 9.23 Å². The Morgan fingerprint density at radius 1 is 0.938 bits per heavy atom. The minimum absolute atomic E-state index is 0.380. The van der Waals surface area contributed by atoms with E-state index in [9.17, 15) is 0 Å². The lowest BCUT2D eigenvalue weighted by Crippen LogP contribution is -2.54. The molecule has 16 heavy (non-hydrogen) atoms. The Morgan fingerprint density at radius 2 is 1.75 bits per heavy atom. The summed E-state index contributed by atoms with van der Waals surface area (Å²) in [7, 11) is 0. The van der Waals surface area contributed by atoms with E-state index in [2.05, 4.69) is 0 Å². The fraction of sp³-hybridized carbons (Fsp3) is 1.00. The molecule has 2 saturated heterocycles. The molecule has 0 amide bonds. The molecular formula is C12H11Cl3O. The molecule has 10 atom stereocenters. The van der Waals surface area contributed by atoms with Crippen molar-refractivity contribution in [3.8, 4) is 0 Å². The second-order valence-electron chi connectivity index (χ2n) is 6.80. The Morgan fingerprint density at radius 3 is 2.50 bits per heavy atom. The molecule has 86 valence electrons. The van der Waals surface area contributed by atoms with Crippen LogP contribution in [0.4, 0.5) is 0 Å². The average molecular weight is 278 g/mol. The molecule has 7 fully saturated rings. The third-order valence-electron chi connectivity index (χ3n) is 7.14. The monoisotopic (exact) mass is 276 g/mol. The standard InChI is InChI=1S/C12H11Cl3O/c13-12(14,15)11-8-3-1-2-4-5(3)9(11)7(4)10(16-11)6(2)8/h2-10H,1H2/t2-,3-,4+,5+,6+,7+,8-,9-,10-,11-/m0/s1. The fourth-order valence-electron chi connectivity index (χ4n) is 7.46. The lowest BCUT2D eigenvalue weighted by Gasteiger charge is -2.47. The largest absolute Gasteiger partial charge is 0.366 e. The van der Waals surface area contributed by atoms with Gasteiger partial charge in [-0.2, -0.15) is 0 Å². The summed E-state index contributed by atoms with van der Waals surface area (Å²) in [6, 6.07) is 0. The molecular weight excluding hydrogens is 266 g/mol. The van der Waals surface area contributed by atoms with Gasteiger partial charge in [-0.3, -0.25) is 0 Å². The van der Waals surface area contributed by atoms with Crippen molar-refractivity contribution in [1.29, 1.82) is 0 Å². The molecule has 2 heterocycles. The van der Waals surface area contributed by atoms with Gasteiger partial charge in [0.25, 0.3) is 0 Å². The molecule has 0 aromatic heterocycles. The minimum Gasteiger partial charge on any atom is -0.366 e. The number of rotatable bonds is 0. The molecule has 4 heteroatoms. The first-order valence-corrected chi connectivity index (χ1v) is 7.45. The van der Waals surface area contributed by atoms with Gasteiger partial charge in [0.1, 0.15) is 5.60 Å². The molecule has 0 radical (unpaired) electrons. The predicted octanol–water partition coefficient (Wildman–Crippen LogP) is 2.88. The normalized spacial score (nSPS) is 79.3. The summed E-state index contributed by atoms with van der Waals surface area (Å²) in [6.07, 6.45) is 1.88. The number of hydrogen-bond donors (Lipinski definition) is 0. The highest BCUT2D eigenvalue weighted by atomic mass is 35.6. The van der Waals surface area contributed by atoms with E-state index in [4.69, 9.17) is 39.5 Å². The quantitative estimate of drug-likeness (QED) is 0.619. The lowest BCUT2D eigenvalue weighted by atomic mass is 9.57. The van der Waals surface area contributed by atoms with Crippen LogP contribution in [0.3, 0.4) is 0 Å². The van der Waals surface area contributed by atoms with Crippen LogP contribution in [0.15, 0.2) is 0 Å². The molecule has 0 N–H and O–H groups in total. The molecule has 0 aromatic rings. The summed E-state index contributed by atoms with van der Waals surface area (Å²) in [5.41, 5.74) is -0.380. The van der Waals surface area contributed by atoms with Gasteiger partial charge in [-0.25, -0.2) is 0 Å². The molecule has 7 rings (SSSR count). The predicted molar refractivity (Wildman–Crippen MR) is 60.4 cm³/mol. The highest BCUT2D eigenvalue weighted by molar-refractivity contribution is 6.68. The smallest absolute Gasteiger partial charge is 0.219 e. The Bertz CT molecular complexity index is 436. The van der Waals surface area contributed by atoms with Crippen LogP contribution in [0.25, 0.3) is 0 Å². The highest BCUT2D eigenvalue weighted by Crippen LogP contribution is 2.92. The van der Waals surface area contributed by atoms with E-state index < -0.39 is 3.79 Å². The van der Waals surface area contributed by atoms with Crippen LogP contribution in [-0.4, -0.2) is 15.5 Å². The second-order valence-corrected chi connectivity index (χ2v) is 9.08. The molecule has 0 aromatic carbocycles. The van der Waals surface area contributed by atoms with E-state index in [1.54, 1.807) is 0 Å². The van der Waals surface area contributed by atoms with Gasteiger partial charge in [0.15, 0.2) is 0 Å². The molecule has 5 saturated carbocycles. The van der Waals surface area contributed by atoms with Crippen LogP contribution in [0.5, 0.6) is 0 Å². The Balaban J connectivity index is 1.71. The van der Waals surface area contributed by atoms with Gasteiger partial charge >= 0.3 is 0 Å². The van der Waals surface area contributed by atoms with Gasteiger partial charge in [-0.05, 0) is 41.9 Å². The lowest BCUT2D eigenvalue weighted by molar-refractivity contribution is -0.0275. The molecule has 4 bridgehead atoms. The van der Waals surface area contributed by atoms with Crippen LogP contribution in [0, 0.1) is 47.3 Å². The number of ether oxygens (including phenoxy) is 1. The Hall–Kier alpha value is 0.830. The second kappa shape index (κ2) is 1.99. The van der Waals surface area contributed by atoms with Crippen LogP contribution in [0.1, 0.15) is 6.42 Å². The van der Waals surface area contributed by atoms with E-state index in [-0.39, 0.29) is 5.60 Å². The molecule has 5 aliphatic carbocycles. The SMILES string of the molecule is ClC(Cl)(Cl)[C@@]12O[C@@H]3[C@@H]4[C@@H]5[C@@H]6C[C@@H]([C@H]5[C@@H]41)[C@H]2[C@@H]63. The third-order valence-corrected chi connectivity index (χ3v) is 8.03. The average Bonchev–Trinajstić information content (AvgIpc) is 2.68. The van der Waals surface area contributed by atoms with Crippen LogP contribution in [0.2, 0.25) is 0 Å². The maximum atomic E-state index is 6.32. The van der Waals surface area contributed by atoms with Crippen LogP contribution >= 0.6 is 34.8 Å². The fourth-order valence-corrected chi connectivity index (χ4v) is 8.35. The number of halogens is 3. The Labute approximate surface area is 109 Å². The molecule has 1 nitrogen and oxygen atoms in total. The highest BCUT2D eigenvalue weighted by Gasteiger charge is 2.95. The van der Waals surface area contributed by atoms with E-state index in [0.29, 0.717) is 17.9 Å². The van der Waals surface area contributed by atoms with Crippen molar-refractivity contribution in [3.05, 3.63) is 0 Å². The van der Waals surface area contributed by atoms with Crippen molar-refractivity contribution in [3.63, 3.8) is 0 Å². The molecule has 2 aliphatic heterocycles. The van der Waals surface area contributed by atoms with Gasteiger partial charge in [0.2, 0.25) is 3.79 Å². The van der Waals surface area contributed by atoms with Crippen molar-refractivity contribution < 1.29 is 4.74 Å². The summed E-state index contributed by atoms with van der Waals surface area (Å²) in [5.74, 6) is 6.28. The number of hydrogen-bond acceptors (Lipinski definition) is 1. The molecule has 0 unspecified atom stereocenters. The molecule has 7 aliphatic rings. The zero-order chi connectivity index (χ0) is 10.6. The van der Waals surface area contributed by atoms with Crippen LogP contribution < -0.4 is 0 Å². The first kappa shape index (κ1) is 8.85. The maximum absolute atomic E-state index is 6.32. The van der Waals surface area contributed by atoms with E-state index in [0.717, 1.165) is 35.5 Å². The van der Waals surface area contributed by atoms with Crippen molar-refractivity contribution in [2.45, 2.75) is 21.9 Å². The van der Waals surface area contributed by atoms with Gasteiger partial charge in [-0.15, -0.1) is 0 Å². The van der Waals surface area contributed by atoms with E-state index in [1.807, 2.05) is 0 Å². The van der Waals surface area contributed by atoms with Gasteiger partial charge in [-0.1, -0.05) is 34.8 Å². The van der Waals surface area contributed by atoms with Gasteiger partial charge in [0.05, 0.1) is 6.10 Å². The van der Waals surface area contributed by atoms with E-state index >= 15 is 0 Å². The summed E-state index contributed by atoms with van der Waals surface area (Å²) in [5, 5.41) is 0. The summed E-state index contributed by atoms with van der Waals surface area (Å²) in [4.78, 5) is 0.